The first-order valence-corrected chi connectivity index (χ1v) is 10.8. The minimum Gasteiger partial charge on any atom is -0.497 e. The molecule has 34 heavy (non-hydrogen) atoms. The number of rotatable bonds is 5. The summed E-state index contributed by atoms with van der Waals surface area (Å²) in [6.07, 6.45) is 5.32. The SMILES string of the molecule is COc1cccc(-c2ccc3nc(-c4cccnc4)nc(Nc4ccc5[nH]ncc5c4)c3c2)c1. The Morgan fingerprint density at radius 2 is 1.74 bits per heavy atom. The predicted molar refractivity (Wildman–Crippen MR) is 134 cm³/mol. The van der Waals surface area contributed by atoms with Gasteiger partial charge in [0.15, 0.2) is 5.82 Å². The number of aromatic nitrogens is 5. The van der Waals surface area contributed by atoms with Gasteiger partial charge in [-0.25, -0.2) is 9.97 Å². The van der Waals surface area contributed by atoms with Crippen molar-refractivity contribution < 1.29 is 4.74 Å². The summed E-state index contributed by atoms with van der Waals surface area (Å²) in [5, 5.41) is 12.5. The molecule has 6 aromatic rings. The monoisotopic (exact) mass is 444 g/mol. The van der Waals surface area contributed by atoms with Crippen LogP contribution in [0, 0.1) is 0 Å². The summed E-state index contributed by atoms with van der Waals surface area (Å²) in [5.74, 6) is 2.14. The van der Waals surface area contributed by atoms with E-state index < -0.39 is 0 Å². The van der Waals surface area contributed by atoms with Crippen LogP contribution in [0.2, 0.25) is 0 Å². The molecule has 164 valence electrons. The van der Waals surface area contributed by atoms with Crippen molar-refractivity contribution in [2.75, 3.05) is 12.4 Å². The number of nitrogens with one attached hydrogen (secondary N) is 2. The van der Waals surface area contributed by atoms with E-state index in [1.165, 1.54) is 0 Å². The molecule has 0 spiro atoms. The van der Waals surface area contributed by atoms with E-state index in [0.717, 1.165) is 55.8 Å². The van der Waals surface area contributed by atoms with Crippen LogP contribution in [-0.4, -0.2) is 32.3 Å². The largest absolute Gasteiger partial charge is 0.497 e. The lowest BCUT2D eigenvalue weighted by atomic mass is 10.0. The summed E-state index contributed by atoms with van der Waals surface area (Å²) in [6, 6.07) is 24.1. The lowest BCUT2D eigenvalue weighted by Gasteiger charge is -2.13. The third-order valence-electron chi connectivity index (χ3n) is 5.72. The molecule has 0 radical (unpaired) electrons. The molecule has 0 fully saturated rings. The van der Waals surface area contributed by atoms with Crippen LogP contribution >= 0.6 is 0 Å². The van der Waals surface area contributed by atoms with Crippen molar-refractivity contribution in [3.8, 4) is 28.3 Å². The molecule has 7 heteroatoms. The highest BCUT2D eigenvalue weighted by Gasteiger charge is 2.12. The van der Waals surface area contributed by atoms with Crippen molar-refractivity contribution in [2.24, 2.45) is 0 Å². The fraction of sp³-hybridized carbons (Fsp3) is 0.0370. The molecule has 0 atom stereocenters. The Morgan fingerprint density at radius 3 is 2.62 bits per heavy atom. The number of nitrogens with zero attached hydrogens (tertiary/aromatic N) is 4. The van der Waals surface area contributed by atoms with E-state index in [2.05, 4.69) is 38.7 Å². The first-order chi connectivity index (χ1) is 16.8. The van der Waals surface area contributed by atoms with Crippen molar-refractivity contribution in [3.63, 3.8) is 0 Å². The van der Waals surface area contributed by atoms with E-state index in [4.69, 9.17) is 14.7 Å². The lowest BCUT2D eigenvalue weighted by Crippen LogP contribution is -2.00. The maximum Gasteiger partial charge on any atom is 0.163 e. The van der Waals surface area contributed by atoms with Gasteiger partial charge in [0, 0.05) is 34.4 Å². The zero-order valence-electron chi connectivity index (χ0n) is 18.4. The molecule has 6 rings (SSSR count). The van der Waals surface area contributed by atoms with Gasteiger partial charge in [0.2, 0.25) is 0 Å². The van der Waals surface area contributed by atoms with Gasteiger partial charge >= 0.3 is 0 Å². The van der Waals surface area contributed by atoms with Gasteiger partial charge in [-0.2, -0.15) is 5.10 Å². The van der Waals surface area contributed by atoms with Gasteiger partial charge in [-0.05, 0) is 65.7 Å². The summed E-state index contributed by atoms with van der Waals surface area (Å²) in [4.78, 5) is 13.9. The Labute approximate surface area is 195 Å². The smallest absolute Gasteiger partial charge is 0.163 e. The van der Waals surface area contributed by atoms with E-state index in [1.807, 2.05) is 54.6 Å². The Bertz CT molecular complexity index is 1630. The van der Waals surface area contributed by atoms with Gasteiger partial charge in [0.1, 0.15) is 11.6 Å². The minimum absolute atomic E-state index is 0.613. The molecule has 0 amide bonds. The van der Waals surface area contributed by atoms with E-state index >= 15 is 0 Å². The second-order valence-corrected chi connectivity index (χ2v) is 7.90. The number of methoxy groups -OCH3 is 1. The Balaban J connectivity index is 1.51. The van der Waals surface area contributed by atoms with Crippen LogP contribution in [0.1, 0.15) is 0 Å². The molecular weight excluding hydrogens is 424 g/mol. The molecule has 0 bridgehead atoms. The minimum atomic E-state index is 0.613. The number of pyridine rings is 1. The molecule has 0 unspecified atom stereocenters. The third kappa shape index (κ3) is 3.69. The summed E-state index contributed by atoms with van der Waals surface area (Å²) in [5.41, 5.74) is 5.70. The Hall–Kier alpha value is -4.78. The van der Waals surface area contributed by atoms with Crippen LogP contribution in [0.4, 0.5) is 11.5 Å². The number of hydrogen-bond acceptors (Lipinski definition) is 6. The van der Waals surface area contributed by atoms with Gasteiger partial charge in [-0.1, -0.05) is 18.2 Å². The van der Waals surface area contributed by atoms with Crippen LogP contribution in [0.25, 0.3) is 44.3 Å². The van der Waals surface area contributed by atoms with Crippen molar-refractivity contribution in [3.05, 3.63) is 91.4 Å². The first kappa shape index (κ1) is 19.9. The molecule has 0 aliphatic rings. The molecule has 0 saturated heterocycles. The number of ether oxygens (including phenoxy) is 1. The van der Waals surface area contributed by atoms with Crippen LogP contribution in [0.5, 0.6) is 5.75 Å². The summed E-state index contributed by atoms with van der Waals surface area (Å²) in [6.45, 7) is 0. The van der Waals surface area contributed by atoms with E-state index in [-0.39, 0.29) is 0 Å². The standard InChI is InChI=1S/C27H20N6O/c1-34-22-6-2-4-17(13-22)18-7-9-25-23(14-18)27(32-26(31-25)19-5-3-11-28-15-19)30-21-8-10-24-20(12-21)16-29-33-24/h2-16H,1H3,(H,29,33)(H,30,31,32). The van der Waals surface area contributed by atoms with Gasteiger partial charge in [-0.3, -0.25) is 10.1 Å². The third-order valence-corrected chi connectivity index (χ3v) is 5.72. The average molecular weight is 444 g/mol. The second kappa shape index (κ2) is 8.29. The molecule has 3 aromatic carbocycles. The van der Waals surface area contributed by atoms with Crippen molar-refractivity contribution in [2.45, 2.75) is 0 Å². The average Bonchev–Trinajstić information content (AvgIpc) is 3.37. The van der Waals surface area contributed by atoms with Gasteiger partial charge in [-0.15, -0.1) is 0 Å². The topological polar surface area (TPSA) is 88.6 Å². The number of hydrogen-bond donors (Lipinski definition) is 2. The van der Waals surface area contributed by atoms with Crippen LogP contribution in [0.3, 0.4) is 0 Å². The number of benzene rings is 3. The normalized spacial score (nSPS) is 11.1. The van der Waals surface area contributed by atoms with Gasteiger partial charge < -0.3 is 10.1 Å². The zero-order valence-corrected chi connectivity index (χ0v) is 18.4. The molecule has 2 N–H and O–H groups in total. The van der Waals surface area contributed by atoms with Crippen LogP contribution in [-0.2, 0) is 0 Å². The zero-order chi connectivity index (χ0) is 22.9. The lowest BCUT2D eigenvalue weighted by molar-refractivity contribution is 0.415. The van der Waals surface area contributed by atoms with Crippen LogP contribution < -0.4 is 10.1 Å². The molecular formula is C27H20N6O. The molecule has 0 aliphatic heterocycles. The van der Waals surface area contributed by atoms with E-state index in [1.54, 1.807) is 25.7 Å². The predicted octanol–water partition coefficient (Wildman–Crippen LogP) is 5.99. The van der Waals surface area contributed by atoms with Gasteiger partial charge in [0.25, 0.3) is 0 Å². The summed E-state index contributed by atoms with van der Waals surface area (Å²) < 4.78 is 5.41. The van der Waals surface area contributed by atoms with Crippen molar-refractivity contribution in [1.29, 1.82) is 0 Å². The first-order valence-electron chi connectivity index (χ1n) is 10.8. The number of anilines is 2. The van der Waals surface area contributed by atoms with Crippen molar-refractivity contribution >= 4 is 33.3 Å². The van der Waals surface area contributed by atoms with E-state index in [9.17, 15) is 0 Å². The fourth-order valence-corrected chi connectivity index (χ4v) is 3.99. The van der Waals surface area contributed by atoms with Crippen molar-refractivity contribution in [1.82, 2.24) is 25.1 Å². The second-order valence-electron chi connectivity index (χ2n) is 7.90. The summed E-state index contributed by atoms with van der Waals surface area (Å²) >= 11 is 0. The highest BCUT2D eigenvalue weighted by molar-refractivity contribution is 5.96. The number of fused-ring (bicyclic) bond motifs is 2. The molecule has 0 saturated carbocycles. The highest BCUT2D eigenvalue weighted by Crippen LogP contribution is 2.32. The number of H-pyrrole nitrogens is 1. The van der Waals surface area contributed by atoms with Gasteiger partial charge in [0.05, 0.1) is 24.3 Å². The summed E-state index contributed by atoms with van der Waals surface area (Å²) in [7, 11) is 1.67. The van der Waals surface area contributed by atoms with E-state index in [0.29, 0.717) is 5.82 Å². The maximum absolute atomic E-state index is 5.41. The van der Waals surface area contributed by atoms with Crippen LogP contribution in [0.15, 0.2) is 91.4 Å². The Kier molecular flexibility index (Phi) is 4.85. The molecule has 3 aromatic heterocycles. The highest BCUT2D eigenvalue weighted by atomic mass is 16.5. The molecule has 3 heterocycles. The Morgan fingerprint density at radius 1 is 0.824 bits per heavy atom. The fourth-order valence-electron chi connectivity index (χ4n) is 3.99. The maximum atomic E-state index is 5.41. The molecule has 7 nitrogen and oxygen atoms in total. The number of aromatic amines is 1. The quantitative estimate of drug-likeness (QED) is 0.340. The molecule has 0 aliphatic carbocycles.